The van der Waals surface area contributed by atoms with E-state index in [1.165, 1.54) is 16.7 Å². The van der Waals surface area contributed by atoms with Crippen LogP contribution in [0.2, 0.25) is 0 Å². The fourth-order valence-electron chi connectivity index (χ4n) is 2.11. The maximum atomic E-state index is 10.9. The van der Waals surface area contributed by atoms with Crippen LogP contribution < -0.4 is 0 Å². The number of rotatable bonds is 5. The average molecular weight is 401 g/mol. The summed E-state index contributed by atoms with van der Waals surface area (Å²) in [7, 11) is 0. The van der Waals surface area contributed by atoms with E-state index in [4.69, 9.17) is 9.47 Å². The summed E-state index contributed by atoms with van der Waals surface area (Å²) in [6.45, 7) is 18.1. The molecule has 0 radical (unpaired) electrons. The highest BCUT2D eigenvalue weighted by molar-refractivity contribution is 5.71. The summed E-state index contributed by atoms with van der Waals surface area (Å²) in [5.74, 6) is -0.160. The Hall–Kier alpha value is -2.13. The maximum absolute atomic E-state index is 10.9. The molecule has 0 heterocycles. The minimum atomic E-state index is -0.346. The molecule has 0 aromatic heterocycles. The quantitative estimate of drug-likeness (QED) is 0.494. The predicted octanol–water partition coefficient (Wildman–Crippen LogP) is 7.29. The van der Waals surface area contributed by atoms with E-state index in [0.29, 0.717) is 6.61 Å². The van der Waals surface area contributed by atoms with Crippen LogP contribution in [0.3, 0.4) is 0 Å². The van der Waals surface area contributed by atoms with Crippen LogP contribution in [0.25, 0.3) is 11.1 Å². The van der Waals surface area contributed by atoms with E-state index in [1.807, 2.05) is 54.5 Å². The number of benzene rings is 2. The molecular formula is C26H40O3. The summed E-state index contributed by atoms with van der Waals surface area (Å²) in [5.41, 5.74) is 3.38. The fourth-order valence-corrected chi connectivity index (χ4v) is 2.11. The summed E-state index contributed by atoms with van der Waals surface area (Å²) >= 11 is 0. The van der Waals surface area contributed by atoms with Gasteiger partial charge in [0.25, 0.3) is 0 Å². The van der Waals surface area contributed by atoms with Crippen molar-refractivity contribution in [2.45, 2.75) is 80.6 Å². The second kappa shape index (κ2) is 13.9. The van der Waals surface area contributed by atoms with Gasteiger partial charge in [-0.1, -0.05) is 82.3 Å². The van der Waals surface area contributed by atoms with Gasteiger partial charge in [-0.3, -0.25) is 4.79 Å². The van der Waals surface area contributed by atoms with Crippen molar-refractivity contribution < 1.29 is 14.3 Å². The van der Waals surface area contributed by atoms with E-state index in [2.05, 4.69) is 62.4 Å². The Morgan fingerprint density at radius 2 is 1.31 bits per heavy atom. The molecule has 2 rings (SSSR count). The van der Waals surface area contributed by atoms with Gasteiger partial charge in [0.2, 0.25) is 0 Å². The van der Waals surface area contributed by atoms with Crippen LogP contribution in [-0.4, -0.2) is 17.7 Å². The zero-order chi connectivity index (χ0) is 22.4. The van der Waals surface area contributed by atoms with Gasteiger partial charge in [0.15, 0.2) is 0 Å². The lowest BCUT2D eigenvalue weighted by molar-refractivity contribution is -0.158. The van der Waals surface area contributed by atoms with Gasteiger partial charge in [0.05, 0.1) is 18.6 Å². The number of carbonyl (C=O) groups excluding carboxylic acids is 1. The topological polar surface area (TPSA) is 35.5 Å². The summed E-state index contributed by atoms with van der Waals surface area (Å²) in [6, 6.07) is 19.0. The van der Waals surface area contributed by atoms with Crippen LogP contribution in [0.15, 0.2) is 54.6 Å². The molecule has 162 valence electrons. The molecule has 0 aliphatic rings. The lowest BCUT2D eigenvalue weighted by Crippen LogP contribution is -2.26. The second-order valence-corrected chi connectivity index (χ2v) is 8.11. The largest absolute Gasteiger partial charge is 0.460 e. The summed E-state index contributed by atoms with van der Waals surface area (Å²) < 4.78 is 10.6. The average Bonchev–Trinajstić information content (AvgIpc) is 2.68. The third kappa shape index (κ3) is 12.8. The highest BCUT2D eigenvalue weighted by atomic mass is 16.6. The third-order valence-corrected chi connectivity index (χ3v) is 3.52. The summed E-state index contributed by atoms with van der Waals surface area (Å²) in [6.07, 6.45) is 0.281. The molecule has 0 spiro atoms. The van der Waals surface area contributed by atoms with Crippen molar-refractivity contribution in [1.29, 1.82) is 0 Å². The van der Waals surface area contributed by atoms with Gasteiger partial charge in [-0.15, -0.1) is 0 Å². The lowest BCUT2D eigenvalue weighted by atomic mass is 10.0. The normalized spacial score (nSPS) is 10.6. The van der Waals surface area contributed by atoms with E-state index in [1.54, 1.807) is 0 Å². The van der Waals surface area contributed by atoms with Crippen LogP contribution in [-0.2, 0) is 20.9 Å². The number of hydrogen-bond acceptors (Lipinski definition) is 3. The van der Waals surface area contributed by atoms with Crippen LogP contribution in [0, 0.1) is 5.92 Å². The van der Waals surface area contributed by atoms with Crippen molar-refractivity contribution >= 4 is 5.97 Å². The molecule has 0 saturated heterocycles. The smallest absolute Gasteiger partial charge is 0.308 e. The zero-order valence-corrected chi connectivity index (χ0v) is 19.8. The first kappa shape index (κ1) is 26.9. The van der Waals surface area contributed by atoms with Crippen LogP contribution >= 0.6 is 0 Å². The first-order valence-corrected chi connectivity index (χ1v) is 10.6. The molecule has 2 aromatic rings. The second-order valence-electron chi connectivity index (χ2n) is 8.11. The highest BCUT2D eigenvalue weighted by Crippen LogP contribution is 2.19. The molecule has 0 amide bonds. The van der Waals surface area contributed by atoms with Crippen LogP contribution in [0.4, 0.5) is 0 Å². The van der Waals surface area contributed by atoms with Crippen molar-refractivity contribution in [2.75, 3.05) is 0 Å². The molecule has 3 heteroatoms. The standard InChI is InChI=1S/C16H18O.C8H16O2.C2H6/c1-13(2)17-12-14-8-10-16(11-9-14)15-6-4-3-5-7-15;1-6(2)7(9)10-8(3,4)5;1-2/h3-11,13H,12H2,1-2H3;6H,1-5H3;1-2H3. The van der Waals surface area contributed by atoms with E-state index in [0.717, 1.165) is 0 Å². The van der Waals surface area contributed by atoms with Gasteiger partial charge < -0.3 is 9.47 Å². The number of ether oxygens (including phenoxy) is 2. The molecular weight excluding hydrogens is 360 g/mol. The molecule has 0 bridgehead atoms. The first-order valence-electron chi connectivity index (χ1n) is 10.6. The van der Waals surface area contributed by atoms with Gasteiger partial charge in [0.1, 0.15) is 5.60 Å². The minimum absolute atomic E-state index is 0.0285. The zero-order valence-electron chi connectivity index (χ0n) is 19.8. The van der Waals surface area contributed by atoms with E-state index >= 15 is 0 Å². The molecule has 0 aliphatic heterocycles. The van der Waals surface area contributed by atoms with Crippen LogP contribution in [0.1, 0.15) is 67.9 Å². The molecule has 0 fully saturated rings. The highest BCUT2D eigenvalue weighted by Gasteiger charge is 2.18. The number of hydrogen-bond donors (Lipinski definition) is 0. The van der Waals surface area contributed by atoms with Crippen molar-refractivity contribution in [1.82, 2.24) is 0 Å². The number of esters is 1. The maximum Gasteiger partial charge on any atom is 0.308 e. The third-order valence-electron chi connectivity index (χ3n) is 3.52. The minimum Gasteiger partial charge on any atom is -0.460 e. The summed E-state index contributed by atoms with van der Waals surface area (Å²) in [5, 5.41) is 0. The monoisotopic (exact) mass is 400 g/mol. The van der Waals surface area contributed by atoms with Crippen molar-refractivity contribution in [3.8, 4) is 11.1 Å². The predicted molar refractivity (Wildman–Crippen MR) is 124 cm³/mol. The lowest BCUT2D eigenvalue weighted by Gasteiger charge is -2.20. The van der Waals surface area contributed by atoms with E-state index in [9.17, 15) is 4.79 Å². The van der Waals surface area contributed by atoms with Crippen molar-refractivity contribution in [2.24, 2.45) is 5.92 Å². The van der Waals surface area contributed by atoms with Crippen molar-refractivity contribution in [3.05, 3.63) is 60.2 Å². The molecule has 0 N–H and O–H groups in total. The summed E-state index contributed by atoms with van der Waals surface area (Å²) in [4.78, 5) is 10.9. The number of carbonyl (C=O) groups is 1. The Balaban J connectivity index is 0.000000563. The Labute approximate surface area is 178 Å². The van der Waals surface area contributed by atoms with Gasteiger partial charge in [-0.05, 0) is 51.3 Å². The van der Waals surface area contributed by atoms with E-state index < -0.39 is 0 Å². The Morgan fingerprint density at radius 3 is 1.69 bits per heavy atom. The molecule has 2 aromatic carbocycles. The van der Waals surface area contributed by atoms with Crippen LogP contribution in [0.5, 0.6) is 0 Å². The van der Waals surface area contributed by atoms with Gasteiger partial charge in [0, 0.05) is 0 Å². The molecule has 3 nitrogen and oxygen atoms in total. The molecule has 29 heavy (non-hydrogen) atoms. The fraction of sp³-hybridized carbons (Fsp3) is 0.500. The molecule has 0 aliphatic carbocycles. The Bertz CT molecular complexity index is 665. The van der Waals surface area contributed by atoms with Gasteiger partial charge in [-0.2, -0.15) is 0 Å². The first-order chi connectivity index (χ1) is 13.6. The molecule has 0 atom stereocenters. The van der Waals surface area contributed by atoms with Crippen molar-refractivity contribution in [3.63, 3.8) is 0 Å². The van der Waals surface area contributed by atoms with Gasteiger partial charge in [-0.25, -0.2) is 0 Å². The molecule has 0 saturated carbocycles. The Kier molecular flexibility index (Phi) is 12.9. The Morgan fingerprint density at radius 1 is 0.828 bits per heavy atom. The van der Waals surface area contributed by atoms with Gasteiger partial charge >= 0.3 is 5.97 Å². The van der Waals surface area contributed by atoms with E-state index in [-0.39, 0.29) is 23.6 Å². The molecule has 0 unspecified atom stereocenters. The SMILES string of the molecule is CC.CC(C)C(=O)OC(C)(C)C.CC(C)OCc1ccc(-c2ccccc2)cc1.